The summed E-state index contributed by atoms with van der Waals surface area (Å²) in [6, 6.07) is 0. The van der Waals surface area contributed by atoms with E-state index in [1.54, 1.807) is 0 Å². The molecule has 0 saturated heterocycles. The predicted octanol–water partition coefficient (Wildman–Crippen LogP) is -6.50. The van der Waals surface area contributed by atoms with Crippen LogP contribution in [0.2, 0.25) is 0 Å². The van der Waals surface area contributed by atoms with E-state index in [0.29, 0.717) is 12.5 Å². The van der Waals surface area contributed by atoms with E-state index in [-0.39, 0.29) is 154 Å². The van der Waals surface area contributed by atoms with E-state index in [9.17, 15) is 5.11 Å². The van der Waals surface area contributed by atoms with Crippen molar-refractivity contribution in [2.45, 2.75) is 90.9 Å². The summed E-state index contributed by atoms with van der Waals surface area (Å²) in [6.45, 7) is 4.92. The molecule has 0 aromatic rings. The first kappa shape index (κ1) is 40.3. The van der Waals surface area contributed by atoms with E-state index >= 15 is 0 Å². The number of aliphatic hydroxyl groups is 1. The maximum atomic E-state index is 9.32. The second-order valence-electron chi connectivity index (χ2n) is 5.90. The molecular formula is C16H34K3O5P. The third kappa shape index (κ3) is 47.9. The summed E-state index contributed by atoms with van der Waals surface area (Å²) in [4.78, 5) is 25.6. The van der Waals surface area contributed by atoms with Gasteiger partial charge in [-0.2, -0.15) is 7.82 Å². The summed E-state index contributed by atoms with van der Waals surface area (Å²) in [5, 5.41) is 9.32. The first-order valence-corrected chi connectivity index (χ1v) is 10.1. The normalized spacial score (nSPS) is 11.1. The molecule has 1 atom stereocenters. The fourth-order valence-corrected chi connectivity index (χ4v) is 2.40. The van der Waals surface area contributed by atoms with E-state index in [1.807, 2.05) is 0 Å². The second kappa shape index (κ2) is 31.2. The van der Waals surface area contributed by atoms with Gasteiger partial charge in [-0.1, -0.05) is 78.1 Å². The van der Waals surface area contributed by atoms with E-state index in [1.165, 1.54) is 77.0 Å². The third-order valence-corrected chi connectivity index (χ3v) is 3.69. The van der Waals surface area contributed by atoms with Crippen LogP contribution in [0.25, 0.3) is 0 Å². The molecule has 0 heterocycles. The molecule has 1 N–H and O–H groups in total. The number of rotatable bonds is 13. The minimum absolute atomic E-state index is 0. The van der Waals surface area contributed by atoms with Crippen molar-refractivity contribution in [2.75, 3.05) is 6.61 Å². The van der Waals surface area contributed by atoms with Gasteiger partial charge in [0.05, 0.1) is 0 Å². The quantitative estimate of drug-likeness (QED) is 0.169. The van der Waals surface area contributed by atoms with E-state index in [2.05, 4.69) is 13.8 Å². The largest absolute Gasteiger partial charge is 1.00 e. The van der Waals surface area contributed by atoms with Crippen LogP contribution in [0.5, 0.6) is 0 Å². The van der Waals surface area contributed by atoms with Crippen molar-refractivity contribution in [1.29, 1.82) is 0 Å². The van der Waals surface area contributed by atoms with Crippen molar-refractivity contribution in [3.8, 4) is 0 Å². The van der Waals surface area contributed by atoms with Crippen LogP contribution in [0.15, 0.2) is 0 Å². The van der Waals surface area contributed by atoms with Crippen molar-refractivity contribution in [2.24, 2.45) is 5.92 Å². The molecule has 0 fully saturated rings. The summed E-state index contributed by atoms with van der Waals surface area (Å²) in [5.74, 6) is 0.582. The Hall–Kier alpha value is 4.98. The first-order chi connectivity index (χ1) is 10.3. The van der Waals surface area contributed by atoms with Gasteiger partial charge in [0.25, 0.3) is 0 Å². The Bertz CT molecular complexity index is 260. The van der Waals surface area contributed by atoms with Crippen molar-refractivity contribution < 1.29 is 179 Å². The van der Waals surface area contributed by atoms with Gasteiger partial charge in [-0.25, -0.2) is 0 Å². The maximum absolute atomic E-state index is 9.32. The van der Waals surface area contributed by atoms with Crippen LogP contribution >= 0.6 is 7.82 Å². The van der Waals surface area contributed by atoms with Crippen LogP contribution in [0.4, 0.5) is 0 Å². The summed E-state index contributed by atoms with van der Waals surface area (Å²) in [6.07, 6.45) is 16.0. The molecule has 0 bridgehead atoms. The molecule has 9 heteroatoms. The standard InChI is InChI=1S/C16H34O.3K.H3O4P/c1-3-5-7-9-10-12-14-16(15-17)13-11-8-6-4-2;;;;1-5(2,3)4/h16-17H,3-15H2,1-2H3;;;;(H3,1,2,3,4)/q;3*+1;/p-3. The van der Waals surface area contributed by atoms with Crippen molar-refractivity contribution in [1.82, 2.24) is 0 Å². The van der Waals surface area contributed by atoms with Gasteiger partial charge in [0.2, 0.25) is 0 Å². The molecule has 0 spiro atoms. The predicted molar refractivity (Wildman–Crippen MR) is 84.9 cm³/mol. The van der Waals surface area contributed by atoms with Crippen LogP contribution in [-0.4, -0.2) is 11.7 Å². The molecule has 0 amide bonds. The van der Waals surface area contributed by atoms with E-state index in [0.717, 1.165) is 0 Å². The average Bonchev–Trinajstić information content (AvgIpc) is 2.43. The van der Waals surface area contributed by atoms with Gasteiger partial charge >= 0.3 is 154 Å². The first-order valence-electron chi connectivity index (χ1n) is 8.69. The van der Waals surface area contributed by atoms with Crippen LogP contribution in [0.3, 0.4) is 0 Å². The van der Waals surface area contributed by atoms with Gasteiger partial charge in [-0.3, -0.25) is 0 Å². The second-order valence-corrected chi connectivity index (χ2v) is 6.80. The molecule has 0 aliphatic carbocycles. The average molecular weight is 455 g/mol. The molecule has 0 saturated carbocycles. The molecular weight excluding hydrogens is 420 g/mol. The maximum Gasteiger partial charge on any atom is 1.00 e. The molecule has 25 heavy (non-hydrogen) atoms. The SMILES string of the molecule is CCCCCCCCC(CO)CCCCCC.O=P([O-])([O-])[O-].[K+].[K+].[K+]. The zero-order chi connectivity index (χ0) is 17.3. The summed E-state index contributed by atoms with van der Waals surface area (Å²) in [5.41, 5.74) is 0. The van der Waals surface area contributed by atoms with E-state index < -0.39 is 7.82 Å². The topological polar surface area (TPSA) is 106 Å². The molecule has 0 aromatic carbocycles. The van der Waals surface area contributed by atoms with Crippen LogP contribution < -0.4 is 169 Å². The van der Waals surface area contributed by atoms with Gasteiger partial charge in [-0.05, 0) is 18.8 Å². The molecule has 0 radical (unpaired) electrons. The fourth-order valence-electron chi connectivity index (χ4n) is 2.40. The molecule has 136 valence electrons. The summed E-state index contributed by atoms with van der Waals surface area (Å²) >= 11 is 0. The molecule has 5 nitrogen and oxygen atoms in total. The number of hydrogen-bond donors (Lipinski definition) is 1. The minimum Gasteiger partial charge on any atom is -0.822 e. The smallest absolute Gasteiger partial charge is 0.822 e. The summed E-state index contributed by atoms with van der Waals surface area (Å²) in [7, 11) is -5.39. The number of phosphoric acid groups is 1. The van der Waals surface area contributed by atoms with Gasteiger partial charge in [0.15, 0.2) is 0 Å². The number of unbranched alkanes of at least 4 members (excludes halogenated alkanes) is 8. The molecule has 1 unspecified atom stereocenters. The molecule has 0 aliphatic rings. The molecule has 0 aromatic heterocycles. The number of aliphatic hydroxyl groups excluding tert-OH is 1. The molecule has 0 aliphatic heterocycles. The van der Waals surface area contributed by atoms with Crippen molar-refractivity contribution in [3.63, 3.8) is 0 Å². The zero-order valence-corrected chi connectivity index (χ0v) is 27.6. The van der Waals surface area contributed by atoms with Crippen LogP contribution in [0, 0.1) is 5.92 Å². The Morgan fingerprint density at radius 3 is 1.32 bits per heavy atom. The van der Waals surface area contributed by atoms with Gasteiger partial charge in [0.1, 0.15) is 0 Å². The van der Waals surface area contributed by atoms with Crippen molar-refractivity contribution >= 4 is 7.82 Å². The monoisotopic (exact) mass is 454 g/mol. The minimum atomic E-state index is -5.39. The van der Waals surface area contributed by atoms with Crippen LogP contribution in [-0.2, 0) is 4.57 Å². The van der Waals surface area contributed by atoms with Gasteiger partial charge < -0.3 is 24.4 Å². The Kier molecular flexibility index (Phi) is 50.3. The van der Waals surface area contributed by atoms with Gasteiger partial charge in [-0.15, -0.1) is 0 Å². The Morgan fingerprint density at radius 1 is 0.720 bits per heavy atom. The van der Waals surface area contributed by atoms with Crippen molar-refractivity contribution in [3.05, 3.63) is 0 Å². The Morgan fingerprint density at radius 2 is 1.00 bits per heavy atom. The Balaban J connectivity index is -0.000000147. The summed E-state index contributed by atoms with van der Waals surface area (Å²) < 4.78 is 8.55. The number of hydrogen-bond acceptors (Lipinski definition) is 5. The molecule has 0 rings (SSSR count). The third-order valence-electron chi connectivity index (χ3n) is 3.69. The van der Waals surface area contributed by atoms with E-state index in [4.69, 9.17) is 19.2 Å². The van der Waals surface area contributed by atoms with Gasteiger partial charge in [0, 0.05) is 6.61 Å². The van der Waals surface area contributed by atoms with Crippen LogP contribution in [0.1, 0.15) is 90.9 Å². The fraction of sp³-hybridized carbons (Fsp3) is 1.00. The Labute approximate surface area is 283 Å². The zero-order valence-electron chi connectivity index (χ0n) is 17.3.